The zero-order chi connectivity index (χ0) is 28.7. The first-order valence-electron chi connectivity index (χ1n) is 8.91. The summed E-state index contributed by atoms with van der Waals surface area (Å²) in [4.78, 5) is 0. The lowest BCUT2D eigenvalue weighted by molar-refractivity contribution is -0.433. The van der Waals surface area contributed by atoms with E-state index in [2.05, 4.69) is 13.3 Å². The molecule has 0 radical (unpaired) electrons. The molecule has 35 heavy (non-hydrogen) atoms. The third-order valence-corrected chi connectivity index (χ3v) is 7.88. The molecule has 2 atom stereocenters. The van der Waals surface area contributed by atoms with Crippen molar-refractivity contribution in [1.29, 1.82) is 0 Å². The summed E-state index contributed by atoms with van der Waals surface area (Å²) < 4.78 is 229. The molecule has 0 N–H and O–H groups in total. The van der Waals surface area contributed by atoms with Gasteiger partial charge in [-0.15, -0.1) is 0 Å². The molecule has 0 aliphatic carbocycles. The van der Waals surface area contributed by atoms with Crippen LogP contribution in [0, 0.1) is 0 Å². The van der Waals surface area contributed by atoms with E-state index in [1.165, 1.54) is 6.92 Å². The van der Waals surface area contributed by atoms with E-state index in [1.807, 2.05) is 0 Å². The van der Waals surface area contributed by atoms with Crippen molar-refractivity contribution in [1.82, 2.24) is 0 Å². The van der Waals surface area contributed by atoms with Crippen molar-refractivity contribution in [3.05, 3.63) is 0 Å². The van der Waals surface area contributed by atoms with Crippen LogP contribution < -0.4 is 0 Å². The van der Waals surface area contributed by atoms with Gasteiger partial charge in [0.05, 0.1) is 6.61 Å². The Hall–Kier alpha value is -1.02. The number of halogens is 16. The molecule has 2 unspecified atom stereocenters. The van der Waals surface area contributed by atoms with Gasteiger partial charge in [-0.2, -0.15) is 61.5 Å². The summed E-state index contributed by atoms with van der Waals surface area (Å²) in [5.74, 6) is -31.5. The molecule has 0 aromatic rings. The average molecular weight is 578 g/mol. The molecule has 0 saturated heterocycles. The maximum atomic E-state index is 14.6. The van der Waals surface area contributed by atoms with E-state index in [0.29, 0.717) is 14.2 Å². The molecule has 0 aliphatic heterocycles. The Morgan fingerprint density at radius 2 is 0.971 bits per heavy atom. The van der Waals surface area contributed by atoms with Crippen LogP contribution in [0.1, 0.15) is 20.3 Å². The van der Waals surface area contributed by atoms with E-state index in [-0.39, 0.29) is 6.42 Å². The third kappa shape index (κ3) is 5.07. The van der Waals surface area contributed by atoms with E-state index < -0.39 is 75.8 Å². The molecule has 212 valence electrons. The molecule has 0 aliphatic rings. The van der Waals surface area contributed by atoms with Crippen molar-refractivity contribution in [2.45, 2.75) is 73.7 Å². The highest BCUT2D eigenvalue weighted by atomic mass is 28.4. The molecule has 0 heterocycles. The minimum Gasteiger partial charge on any atom is -0.377 e. The van der Waals surface area contributed by atoms with Crippen molar-refractivity contribution in [2.24, 2.45) is 0 Å². The average Bonchev–Trinajstić information content (AvgIpc) is 2.68. The lowest BCUT2D eigenvalue weighted by Gasteiger charge is -2.46. The summed E-state index contributed by atoms with van der Waals surface area (Å²) in [7, 11) is -3.26. The van der Waals surface area contributed by atoms with Gasteiger partial charge < -0.3 is 13.3 Å². The van der Waals surface area contributed by atoms with Crippen LogP contribution in [-0.2, 0) is 13.3 Å². The molecule has 0 bridgehead atoms. The molecule has 0 rings (SSSR count). The van der Waals surface area contributed by atoms with Crippen molar-refractivity contribution in [2.75, 3.05) is 20.8 Å². The van der Waals surface area contributed by atoms with Gasteiger partial charge in [0.2, 0.25) is 5.67 Å². The quantitative estimate of drug-likeness (QED) is 0.190. The Kier molecular flexibility index (Phi) is 9.41. The summed E-state index contributed by atoms with van der Waals surface area (Å²) in [6.07, 6.45) is -14.8. The highest BCUT2D eigenvalue weighted by Crippen LogP contribution is 2.63. The van der Waals surface area contributed by atoms with Gasteiger partial charge in [-0.25, -0.2) is 8.78 Å². The summed E-state index contributed by atoms with van der Waals surface area (Å²) in [5.41, 5.74) is -13.9. The molecule has 0 aromatic heterocycles. The molecule has 0 spiro atoms. The Morgan fingerprint density at radius 1 is 0.571 bits per heavy atom. The van der Waals surface area contributed by atoms with E-state index in [1.54, 1.807) is 0 Å². The Bertz CT molecular complexity index is 716. The monoisotopic (exact) mass is 578 g/mol. The molecule has 0 aromatic carbocycles. The zero-order valence-corrected chi connectivity index (χ0v) is 18.9. The lowest BCUT2D eigenvalue weighted by atomic mass is 9.80. The van der Waals surface area contributed by atoms with Gasteiger partial charge in [-0.1, -0.05) is 13.3 Å². The summed E-state index contributed by atoms with van der Waals surface area (Å²) in [6.45, 7) is -3.60. The first-order chi connectivity index (χ1) is 15.1. The Balaban J connectivity index is 6.89. The highest BCUT2D eigenvalue weighted by molar-refractivity contribution is 6.60. The van der Waals surface area contributed by atoms with Crippen molar-refractivity contribution in [3.8, 4) is 0 Å². The summed E-state index contributed by atoms with van der Waals surface area (Å²) >= 11 is 0. The molecule has 0 fully saturated rings. The molecule has 20 heteroatoms. The van der Waals surface area contributed by atoms with E-state index in [4.69, 9.17) is 0 Å². The Labute approximate surface area is 188 Å². The fraction of sp³-hybridized carbons (Fsp3) is 1.00. The standard InChI is InChI=1S/C15H18F16O3Si/c1-5-6-35(32-3,33-4)34-7-9(17,14(26,27)28)12(22,23)13(24,25)10(18,19)8(2,16)11(20,21)15(29,30)31/h5-7H2,1-4H3. The number of alkyl halides is 16. The normalized spacial score (nSPS) is 18.9. The van der Waals surface area contributed by atoms with Crippen molar-refractivity contribution < 1.29 is 83.5 Å². The van der Waals surface area contributed by atoms with Gasteiger partial charge in [-0.05, 0) is 6.92 Å². The molecule has 0 saturated carbocycles. The lowest BCUT2D eigenvalue weighted by Crippen LogP contribution is -2.76. The smallest absolute Gasteiger partial charge is 0.377 e. The van der Waals surface area contributed by atoms with Crippen LogP contribution in [-0.4, -0.2) is 77.0 Å². The van der Waals surface area contributed by atoms with Crippen LogP contribution >= 0.6 is 0 Å². The van der Waals surface area contributed by atoms with Gasteiger partial charge in [0.25, 0.3) is 5.67 Å². The fourth-order valence-corrected chi connectivity index (χ4v) is 4.53. The molecular formula is C15H18F16O3Si. The Morgan fingerprint density at radius 3 is 1.26 bits per heavy atom. The number of rotatable bonds is 12. The van der Waals surface area contributed by atoms with Crippen LogP contribution in [0.3, 0.4) is 0 Å². The zero-order valence-electron chi connectivity index (χ0n) is 17.9. The van der Waals surface area contributed by atoms with E-state index in [0.717, 1.165) is 0 Å². The summed E-state index contributed by atoms with van der Waals surface area (Å²) in [6, 6.07) is -0.563. The predicted octanol–water partition coefficient (Wildman–Crippen LogP) is 6.75. The first kappa shape index (κ1) is 34.0. The molecule has 3 nitrogen and oxygen atoms in total. The van der Waals surface area contributed by atoms with E-state index in [9.17, 15) is 70.2 Å². The minimum absolute atomic E-state index is 0.115. The van der Waals surface area contributed by atoms with Gasteiger partial charge in [-0.3, -0.25) is 0 Å². The second-order valence-electron chi connectivity index (χ2n) is 7.23. The largest absolute Gasteiger partial charge is 0.500 e. The van der Waals surface area contributed by atoms with Crippen LogP contribution in [0.5, 0.6) is 0 Å². The van der Waals surface area contributed by atoms with Crippen molar-refractivity contribution >= 4 is 8.80 Å². The summed E-state index contributed by atoms with van der Waals surface area (Å²) in [5, 5.41) is 0. The highest BCUT2D eigenvalue weighted by Gasteiger charge is 2.92. The van der Waals surface area contributed by atoms with Crippen LogP contribution in [0.2, 0.25) is 6.04 Å². The predicted molar refractivity (Wildman–Crippen MR) is 86.1 cm³/mol. The van der Waals surface area contributed by atoms with Gasteiger partial charge >= 0.3 is 44.8 Å². The van der Waals surface area contributed by atoms with Gasteiger partial charge in [0.1, 0.15) is 0 Å². The minimum atomic E-state index is -8.15. The second kappa shape index (κ2) is 9.69. The number of hydrogen-bond donors (Lipinski definition) is 0. The maximum Gasteiger partial charge on any atom is 0.500 e. The third-order valence-electron chi connectivity index (χ3n) is 4.94. The van der Waals surface area contributed by atoms with Crippen LogP contribution in [0.15, 0.2) is 0 Å². The first-order valence-corrected chi connectivity index (χ1v) is 10.8. The fourth-order valence-electron chi connectivity index (χ4n) is 2.55. The van der Waals surface area contributed by atoms with E-state index >= 15 is 0 Å². The SMILES string of the molecule is CCC[Si](OC)(OC)OCC(F)(C(F)(F)F)C(F)(F)C(F)(F)C(F)(F)C(C)(F)C(F)(F)C(F)(F)F. The second-order valence-corrected chi connectivity index (χ2v) is 10.2. The van der Waals surface area contributed by atoms with Crippen LogP contribution in [0.4, 0.5) is 70.2 Å². The van der Waals surface area contributed by atoms with Gasteiger partial charge in [0.15, 0.2) is 0 Å². The van der Waals surface area contributed by atoms with Crippen molar-refractivity contribution in [3.63, 3.8) is 0 Å². The van der Waals surface area contributed by atoms with Gasteiger partial charge in [0, 0.05) is 20.3 Å². The molecular weight excluding hydrogens is 560 g/mol. The van der Waals surface area contributed by atoms with Crippen LogP contribution in [0.25, 0.3) is 0 Å². The topological polar surface area (TPSA) is 27.7 Å². The number of hydrogen-bond acceptors (Lipinski definition) is 3. The molecule has 0 amide bonds. The maximum absolute atomic E-state index is 14.6.